The van der Waals surface area contributed by atoms with E-state index in [-0.39, 0.29) is 5.56 Å². The van der Waals surface area contributed by atoms with Gasteiger partial charge in [0.25, 0.3) is 0 Å². The Labute approximate surface area is 118 Å². The first-order valence-corrected chi connectivity index (χ1v) is 6.97. The molecule has 0 radical (unpaired) electrons. The summed E-state index contributed by atoms with van der Waals surface area (Å²) in [5.41, 5.74) is 1.84. The zero-order valence-corrected chi connectivity index (χ0v) is 11.8. The molecule has 20 heavy (non-hydrogen) atoms. The molecule has 0 aromatic carbocycles. The Hall–Kier alpha value is -1.47. The number of rotatable bonds is 4. The fourth-order valence-electron chi connectivity index (χ4n) is 2.03. The van der Waals surface area contributed by atoms with Crippen LogP contribution in [0.1, 0.15) is 34.7 Å². The van der Waals surface area contributed by atoms with Crippen molar-refractivity contribution in [3.63, 3.8) is 0 Å². The van der Waals surface area contributed by atoms with Gasteiger partial charge in [0, 0.05) is 22.8 Å². The van der Waals surface area contributed by atoms with Crippen LogP contribution in [0.4, 0.5) is 13.2 Å². The van der Waals surface area contributed by atoms with E-state index in [9.17, 15) is 13.2 Å². The average Bonchev–Trinajstić information content (AvgIpc) is 2.81. The van der Waals surface area contributed by atoms with Crippen molar-refractivity contribution in [3.05, 3.63) is 45.7 Å². The fraction of sp³-hybridized carbons (Fsp3) is 0.385. The van der Waals surface area contributed by atoms with Gasteiger partial charge in [0.2, 0.25) is 0 Å². The van der Waals surface area contributed by atoms with Gasteiger partial charge in [-0.25, -0.2) is 4.98 Å². The molecule has 1 unspecified atom stereocenters. The Kier molecular flexibility index (Phi) is 4.39. The molecule has 0 amide bonds. The molecule has 1 atom stereocenters. The smallest absolute Gasteiger partial charge is 0.306 e. The lowest BCUT2D eigenvalue weighted by atomic mass is 10.0. The van der Waals surface area contributed by atoms with Crippen LogP contribution in [0.3, 0.4) is 0 Å². The molecule has 1 N–H and O–H groups in total. The summed E-state index contributed by atoms with van der Waals surface area (Å²) in [6.07, 6.45) is -1.96. The van der Waals surface area contributed by atoms with Gasteiger partial charge >= 0.3 is 6.18 Å². The first-order valence-electron chi connectivity index (χ1n) is 6.09. The van der Waals surface area contributed by atoms with Crippen LogP contribution in [0, 0.1) is 6.92 Å². The summed E-state index contributed by atoms with van der Waals surface area (Å²) in [7, 11) is 0. The Morgan fingerprint density at radius 3 is 2.70 bits per heavy atom. The van der Waals surface area contributed by atoms with Crippen LogP contribution >= 0.6 is 11.3 Å². The number of hydrogen-bond acceptors (Lipinski definition) is 4. The first kappa shape index (κ1) is 14.9. The lowest BCUT2D eigenvalue weighted by Gasteiger charge is -2.21. The molecule has 0 fully saturated rings. The second-order valence-electron chi connectivity index (χ2n) is 4.25. The van der Waals surface area contributed by atoms with Crippen molar-refractivity contribution in [3.8, 4) is 0 Å². The highest BCUT2D eigenvalue weighted by Crippen LogP contribution is 2.37. The fourth-order valence-corrected chi connectivity index (χ4v) is 2.92. The van der Waals surface area contributed by atoms with Gasteiger partial charge in [-0.3, -0.25) is 4.98 Å². The Morgan fingerprint density at radius 2 is 2.15 bits per heavy atom. The molecular formula is C13H14F3N3S. The van der Waals surface area contributed by atoms with Crippen molar-refractivity contribution in [2.45, 2.75) is 26.1 Å². The predicted molar refractivity (Wildman–Crippen MR) is 71.6 cm³/mol. The molecule has 3 nitrogen and oxygen atoms in total. The van der Waals surface area contributed by atoms with Crippen LogP contribution in [0.5, 0.6) is 0 Å². The van der Waals surface area contributed by atoms with E-state index in [4.69, 9.17) is 0 Å². The zero-order valence-electron chi connectivity index (χ0n) is 11.0. The Morgan fingerprint density at radius 1 is 1.40 bits per heavy atom. The molecule has 2 rings (SSSR count). The number of aryl methyl sites for hydroxylation is 1. The molecule has 7 heteroatoms. The average molecular weight is 301 g/mol. The Bertz CT molecular complexity index is 580. The quantitative estimate of drug-likeness (QED) is 0.938. The summed E-state index contributed by atoms with van der Waals surface area (Å²) in [6.45, 7) is 4.20. The van der Waals surface area contributed by atoms with Gasteiger partial charge < -0.3 is 5.32 Å². The van der Waals surface area contributed by atoms with Crippen LogP contribution in [0.15, 0.2) is 24.0 Å². The molecular weight excluding hydrogens is 287 g/mol. The number of aromatic nitrogens is 2. The van der Waals surface area contributed by atoms with E-state index >= 15 is 0 Å². The van der Waals surface area contributed by atoms with Gasteiger partial charge in [-0.15, -0.1) is 11.3 Å². The van der Waals surface area contributed by atoms with E-state index in [1.807, 2.05) is 6.92 Å². The molecule has 2 aromatic heterocycles. The normalized spacial score (nSPS) is 13.4. The maximum Gasteiger partial charge on any atom is 0.416 e. The minimum atomic E-state index is -4.40. The third kappa shape index (κ3) is 2.99. The van der Waals surface area contributed by atoms with Crippen molar-refractivity contribution >= 4 is 11.3 Å². The highest BCUT2D eigenvalue weighted by Gasteiger charge is 2.36. The number of nitrogens with zero attached hydrogens (tertiary/aromatic N) is 2. The molecule has 0 aliphatic heterocycles. The third-order valence-electron chi connectivity index (χ3n) is 2.92. The van der Waals surface area contributed by atoms with E-state index in [1.165, 1.54) is 17.5 Å². The number of hydrogen-bond donors (Lipinski definition) is 1. The topological polar surface area (TPSA) is 37.8 Å². The second-order valence-corrected chi connectivity index (χ2v) is 5.14. The van der Waals surface area contributed by atoms with Crippen LogP contribution in [0.2, 0.25) is 0 Å². The summed E-state index contributed by atoms with van der Waals surface area (Å²) < 4.78 is 39.4. The zero-order chi connectivity index (χ0) is 14.8. The van der Waals surface area contributed by atoms with Crippen LogP contribution in [-0.4, -0.2) is 16.5 Å². The first-order chi connectivity index (χ1) is 9.45. The lowest BCUT2D eigenvalue weighted by molar-refractivity contribution is -0.138. The molecule has 0 aliphatic rings. The van der Waals surface area contributed by atoms with E-state index in [0.29, 0.717) is 6.54 Å². The molecule has 0 bridgehead atoms. The van der Waals surface area contributed by atoms with E-state index in [2.05, 4.69) is 15.3 Å². The van der Waals surface area contributed by atoms with Gasteiger partial charge in [-0.1, -0.05) is 6.92 Å². The summed E-state index contributed by atoms with van der Waals surface area (Å²) in [6, 6.07) is 0.466. The standard InChI is InChI=1S/C13H14F3N3S/c1-3-18-11(12-8(2)19-7-20-12)9-6-17-5-4-10(9)13(14,15)16/h4-7,11,18H,3H2,1-2H3. The van der Waals surface area contributed by atoms with Gasteiger partial charge in [-0.2, -0.15) is 13.2 Å². The van der Waals surface area contributed by atoms with Gasteiger partial charge in [0.15, 0.2) is 0 Å². The van der Waals surface area contributed by atoms with Crippen molar-refractivity contribution < 1.29 is 13.2 Å². The van der Waals surface area contributed by atoms with Gasteiger partial charge in [-0.05, 0) is 19.5 Å². The van der Waals surface area contributed by atoms with Crippen molar-refractivity contribution in [1.82, 2.24) is 15.3 Å². The number of thiazole rings is 1. The van der Waals surface area contributed by atoms with Crippen LogP contribution in [0.25, 0.3) is 0 Å². The summed E-state index contributed by atoms with van der Waals surface area (Å²) >= 11 is 1.34. The van der Waals surface area contributed by atoms with Crippen LogP contribution in [-0.2, 0) is 6.18 Å². The molecule has 2 aromatic rings. The van der Waals surface area contributed by atoms with Crippen molar-refractivity contribution in [1.29, 1.82) is 0 Å². The second kappa shape index (κ2) is 5.88. The molecule has 2 heterocycles. The minimum absolute atomic E-state index is 0.134. The highest BCUT2D eigenvalue weighted by atomic mass is 32.1. The van der Waals surface area contributed by atoms with Gasteiger partial charge in [0.1, 0.15) is 0 Å². The molecule has 0 saturated heterocycles. The van der Waals surface area contributed by atoms with Crippen LogP contribution < -0.4 is 5.32 Å². The summed E-state index contributed by atoms with van der Waals surface area (Å²) in [5, 5.41) is 3.09. The van der Waals surface area contributed by atoms with Crippen molar-refractivity contribution in [2.24, 2.45) is 0 Å². The van der Waals surface area contributed by atoms with E-state index in [1.54, 1.807) is 12.4 Å². The number of nitrogens with one attached hydrogen (secondary N) is 1. The van der Waals surface area contributed by atoms with Crippen molar-refractivity contribution in [2.75, 3.05) is 6.54 Å². The number of pyridine rings is 1. The SMILES string of the molecule is CCNC(c1cnccc1C(F)(F)F)c1scnc1C. The highest BCUT2D eigenvalue weighted by molar-refractivity contribution is 7.09. The maximum atomic E-state index is 13.1. The lowest BCUT2D eigenvalue weighted by Crippen LogP contribution is -2.25. The molecule has 0 aliphatic carbocycles. The third-order valence-corrected chi connectivity index (χ3v) is 3.92. The summed E-state index contributed by atoms with van der Waals surface area (Å²) in [4.78, 5) is 8.74. The van der Waals surface area contributed by atoms with Gasteiger partial charge in [0.05, 0.1) is 22.8 Å². The molecule has 108 valence electrons. The maximum absolute atomic E-state index is 13.1. The number of alkyl halides is 3. The molecule has 0 saturated carbocycles. The van der Waals surface area contributed by atoms with E-state index < -0.39 is 17.8 Å². The minimum Gasteiger partial charge on any atom is -0.306 e. The number of halogens is 3. The largest absolute Gasteiger partial charge is 0.416 e. The summed E-state index contributed by atoms with van der Waals surface area (Å²) in [5.74, 6) is 0. The molecule has 0 spiro atoms. The van der Waals surface area contributed by atoms with E-state index in [0.717, 1.165) is 22.8 Å². The predicted octanol–water partition coefficient (Wildman–Crippen LogP) is 3.56. The monoisotopic (exact) mass is 301 g/mol. The Balaban J connectivity index is 2.54.